The maximum Gasteiger partial charge on any atom is 0.0443 e. The number of hydrogen-bond acceptors (Lipinski definition) is 2. The Hall–Kier alpha value is 0.210. The van der Waals surface area contributed by atoms with Gasteiger partial charge in [-0.3, -0.25) is 0 Å². The molecule has 0 aromatic carbocycles. The van der Waals surface area contributed by atoms with E-state index in [0.717, 1.165) is 38.4 Å². The molecule has 0 unspecified atom stereocenters. The maximum absolute atomic E-state index is 8.58. The van der Waals surface area contributed by atoms with Gasteiger partial charge >= 0.3 is 0 Å². The summed E-state index contributed by atoms with van der Waals surface area (Å²) in [6.45, 7) is 5.52. The Morgan fingerprint density at radius 2 is 1.91 bits per heavy atom. The lowest BCUT2D eigenvalue weighted by atomic mass is 10.3. The van der Waals surface area contributed by atoms with Crippen molar-refractivity contribution in [1.29, 1.82) is 0 Å². The minimum Gasteiger partial charge on any atom is -0.396 e. The Bertz CT molecular complexity index is 72.5. The van der Waals surface area contributed by atoms with Crippen molar-refractivity contribution >= 4 is 11.6 Å². The predicted octanol–water partition coefficient (Wildman–Crippen LogP) is 1.32. The van der Waals surface area contributed by atoms with Crippen molar-refractivity contribution < 1.29 is 5.11 Å². The van der Waals surface area contributed by atoms with Gasteiger partial charge in [0.2, 0.25) is 0 Å². The zero-order chi connectivity index (χ0) is 8.53. The third-order valence-electron chi connectivity index (χ3n) is 1.69. The molecule has 0 aliphatic rings. The van der Waals surface area contributed by atoms with Gasteiger partial charge < -0.3 is 10.0 Å². The van der Waals surface area contributed by atoms with E-state index in [4.69, 9.17) is 16.7 Å². The first-order valence-electron chi connectivity index (χ1n) is 4.24. The van der Waals surface area contributed by atoms with Crippen molar-refractivity contribution in [2.75, 3.05) is 32.1 Å². The molecule has 0 radical (unpaired) electrons. The highest BCUT2D eigenvalue weighted by atomic mass is 35.5. The zero-order valence-corrected chi connectivity index (χ0v) is 7.98. The molecule has 11 heavy (non-hydrogen) atoms. The first kappa shape index (κ1) is 11.2. The quantitative estimate of drug-likeness (QED) is 0.596. The molecule has 0 aliphatic heterocycles. The van der Waals surface area contributed by atoms with Crippen LogP contribution in [0.3, 0.4) is 0 Å². The summed E-state index contributed by atoms with van der Waals surface area (Å²) in [5.74, 6) is 0.732. The van der Waals surface area contributed by atoms with Crippen LogP contribution in [0.15, 0.2) is 0 Å². The van der Waals surface area contributed by atoms with Crippen LogP contribution in [0.5, 0.6) is 0 Å². The second-order valence-electron chi connectivity index (χ2n) is 2.55. The lowest BCUT2D eigenvalue weighted by Gasteiger charge is -2.18. The van der Waals surface area contributed by atoms with E-state index in [1.165, 1.54) is 0 Å². The molecular formula is C8H18ClNO. The largest absolute Gasteiger partial charge is 0.396 e. The first-order chi connectivity index (χ1) is 5.35. The Balaban J connectivity index is 3.25. The summed E-state index contributed by atoms with van der Waals surface area (Å²) < 4.78 is 0. The first-order valence-corrected chi connectivity index (χ1v) is 4.77. The third kappa shape index (κ3) is 6.60. The Labute approximate surface area is 74.2 Å². The van der Waals surface area contributed by atoms with E-state index in [2.05, 4.69) is 11.8 Å². The molecule has 0 aliphatic carbocycles. The van der Waals surface area contributed by atoms with Gasteiger partial charge in [-0.25, -0.2) is 0 Å². The number of aliphatic hydroxyl groups is 1. The van der Waals surface area contributed by atoms with Crippen molar-refractivity contribution in [1.82, 2.24) is 4.90 Å². The SMILES string of the molecule is CCN(CCCO)CCCCl. The molecule has 3 heteroatoms. The van der Waals surface area contributed by atoms with Crippen LogP contribution in [0.25, 0.3) is 0 Å². The average molecular weight is 180 g/mol. The maximum atomic E-state index is 8.58. The smallest absolute Gasteiger partial charge is 0.0443 e. The standard InChI is InChI=1S/C8H18ClNO/c1-2-10(6-3-5-9)7-4-8-11/h11H,2-8H2,1H3. The van der Waals surface area contributed by atoms with Gasteiger partial charge in [0.25, 0.3) is 0 Å². The van der Waals surface area contributed by atoms with Gasteiger partial charge in [-0.2, -0.15) is 0 Å². The van der Waals surface area contributed by atoms with Crippen molar-refractivity contribution in [2.45, 2.75) is 19.8 Å². The van der Waals surface area contributed by atoms with Crippen molar-refractivity contribution in [3.8, 4) is 0 Å². The lowest BCUT2D eigenvalue weighted by Crippen LogP contribution is -2.26. The highest BCUT2D eigenvalue weighted by Gasteiger charge is 1.99. The second-order valence-corrected chi connectivity index (χ2v) is 2.93. The fraction of sp³-hybridized carbons (Fsp3) is 1.00. The van der Waals surface area contributed by atoms with Gasteiger partial charge in [0.1, 0.15) is 0 Å². The molecular weight excluding hydrogens is 162 g/mol. The number of nitrogens with zero attached hydrogens (tertiary/aromatic N) is 1. The molecule has 0 bridgehead atoms. The number of alkyl halides is 1. The minimum absolute atomic E-state index is 0.289. The van der Waals surface area contributed by atoms with E-state index in [9.17, 15) is 0 Å². The summed E-state index contributed by atoms with van der Waals surface area (Å²) in [6.07, 6.45) is 1.91. The Morgan fingerprint density at radius 1 is 1.27 bits per heavy atom. The molecule has 0 saturated carbocycles. The molecule has 0 spiro atoms. The number of aliphatic hydroxyl groups excluding tert-OH is 1. The topological polar surface area (TPSA) is 23.5 Å². The van der Waals surface area contributed by atoms with Gasteiger partial charge in [0, 0.05) is 19.0 Å². The molecule has 0 fully saturated rings. The molecule has 0 aromatic rings. The predicted molar refractivity (Wildman–Crippen MR) is 49.2 cm³/mol. The summed E-state index contributed by atoms with van der Waals surface area (Å²) in [5, 5.41) is 8.58. The summed E-state index contributed by atoms with van der Waals surface area (Å²) in [6, 6.07) is 0. The fourth-order valence-corrected chi connectivity index (χ4v) is 1.13. The highest BCUT2D eigenvalue weighted by molar-refractivity contribution is 6.17. The van der Waals surface area contributed by atoms with Crippen LogP contribution < -0.4 is 0 Å². The van der Waals surface area contributed by atoms with Crippen LogP contribution >= 0.6 is 11.6 Å². The van der Waals surface area contributed by atoms with Crippen molar-refractivity contribution in [3.63, 3.8) is 0 Å². The molecule has 1 N–H and O–H groups in total. The van der Waals surface area contributed by atoms with Crippen LogP contribution in [0.1, 0.15) is 19.8 Å². The number of rotatable bonds is 7. The molecule has 0 heterocycles. The van der Waals surface area contributed by atoms with E-state index < -0.39 is 0 Å². The van der Waals surface area contributed by atoms with Gasteiger partial charge in [0.15, 0.2) is 0 Å². The van der Waals surface area contributed by atoms with Crippen molar-refractivity contribution in [2.24, 2.45) is 0 Å². The highest BCUT2D eigenvalue weighted by Crippen LogP contribution is 1.94. The van der Waals surface area contributed by atoms with E-state index >= 15 is 0 Å². The summed E-state index contributed by atoms with van der Waals surface area (Å²) in [5.41, 5.74) is 0. The monoisotopic (exact) mass is 179 g/mol. The second kappa shape index (κ2) is 8.31. The van der Waals surface area contributed by atoms with E-state index in [0.29, 0.717) is 0 Å². The van der Waals surface area contributed by atoms with Crippen LogP contribution in [-0.2, 0) is 0 Å². The third-order valence-corrected chi connectivity index (χ3v) is 1.95. The average Bonchev–Trinajstić information content (AvgIpc) is 2.05. The fourth-order valence-electron chi connectivity index (χ4n) is 1.01. The Kier molecular flexibility index (Phi) is 8.47. The van der Waals surface area contributed by atoms with Gasteiger partial charge in [-0.15, -0.1) is 11.6 Å². The summed E-state index contributed by atoms with van der Waals surface area (Å²) in [7, 11) is 0. The summed E-state index contributed by atoms with van der Waals surface area (Å²) in [4.78, 5) is 2.30. The molecule has 0 amide bonds. The van der Waals surface area contributed by atoms with Crippen LogP contribution in [0.2, 0.25) is 0 Å². The summed E-state index contributed by atoms with van der Waals surface area (Å²) >= 11 is 5.56. The van der Waals surface area contributed by atoms with Crippen LogP contribution in [0, 0.1) is 0 Å². The van der Waals surface area contributed by atoms with Crippen molar-refractivity contribution in [3.05, 3.63) is 0 Å². The lowest BCUT2D eigenvalue weighted by molar-refractivity contribution is 0.230. The van der Waals surface area contributed by atoms with Gasteiger partial charge in [-0.1, -0.05) is 6.92 Å². The number of halogens is 1. The van der Waals surface area contributed by atoms with Gasteiger partial charge in [0.05, 0.1) is 0 Å². The van der Waals surface area contributed by atoms with Crippen LogP contribution in [-0.4, -0.2) is 42.1 Å². The van der Waals surface area contributed by atoms with E-state index in [1.807, 2.05) is 0 Å². The zero-order valence-electron chi connectivity index (χ0n) is 7.22. The van der Waals surface area contributed by atoms with E-state index in [-0.39, 0.29) is 6.61 Å². The molecule has 0 rings (SSSR count). The number of hydrogen-bond donors (Lipinski definition) is 1. The molecule has 0 saturated heterocycles. The van der Waals surface area contributed by atoms with Gasteiger partial charge in [-0.05, 0) is 25.9 Å². The minimum atomic E-state index is 0.289. The molecule has 0 atom stereocenters. The van der Waals surface area contributed by atoms with E-state index in [1.54, 1.807) is 0 Å². The normalized spacial score (nSPS) is 10.9. The Morgan fingerprint density at radius 3 is 2.36 bits per heavy atom. The molecule has 0 aromatic heterocycles. The van der Waals surface area contributed by atoms with Crippen LogP contribution in [0.4, 0.5) is 0 Å². The molecule has 2 nitrogen and oxygen atoms in total. The molecule has 68 valence electrons.